The first-order valence-corrected chi connectivity index (χ1v) is 10.4. The number of hydrogen-bond donors (Lipinski definition) is 1. The van der Waals surface area contributed by atoms with E-state index < -0.39 is 5.60 Å². The Morgan fingerprint density at radius 1 is 0.708 bits per heavy atom. The van der Waals surface area contributed by atoms with Crippen molar-refractivity contribution in [3.63, 3.8) is 0 Å². The molecule has 0 aliphatic rings. The number of rotatable bonds is 14. The van der Waals surface area contributed by atoms with Crippen LogP contribution in [0.5, 0.6) is 0 Å². The number of aliphatic hydroxyl groups is 1. The maximum absolute atomic E-state index is 10.3. The van der Waals surface area contributed by atoms with E-state index in [9.17, 15) is 5.11 Å². The molecule has 0 radical (unpaired) electrons. The first-order valence-electron chi connectivity index (χ1n) is 10.4. The molecule has 1 nitrogen and oxygen atoms in total. The van der Waals surface area contributed by atoms with Gasteiger partial charge < -0.3 is 5.11 Å². The highest BCUT2D eigenvalue weighted by molar-refractivity contribution is 5.31. The third-order valence-corrected chi connectivity index (χ3v) is 4.98. The Morgan fingerprint density at radius 2 is 1.17 bits per heavy atom. The van der Waals surface area contributed by atoms with Crippen LogP contribution in [0, 0.1) is 0 Å². The Balaban J connectivity index is 2.03. The zero-order valence-corrected chi connectivity index (χ0v) is 16.4. The van der Waals surface area contributed by atoms with Gasteiger partial charge in [-0.1, -0.05) is 102 Å². The lowest BCUT2D eigenvalue weighted by Crippen LogP contribution is -2.17. The van der Waals surface area contributed by atoms with Crippen LogP contribution in [0.2, 0.25) is 0 Å². The average molecular weight is 333 g/mol. The Bertz CT molecular complexity index is 416. The maximum Gasteiger partial charge on any atom is 0.0843 e. The topological polar surface area (TPSA) is 20.2 Å². The van der Waals surface area contributed by atoms with Crippen LogP contribution in [0.3, 0.4) is 0 Å². The van der Waals surface area contributed by atoms with Gasteiger partial charge in [-0.2, -0.15) is 0 Å². The van der Waals surface area contributed by atoms with Crippen LogP contribution in [0.4, 0.5) is 0 Å². The predicted octanol–water partition coefficient (Wildman–Crippen LogP) is 7.16. The van der Waals surface area contributed by atoms with Crippen molar-refractivity contribution < 1.29 is 5.11 Å². The second-order valence-corrected chi connectivity index (χ2v) is 7.86. The molecule has 0 aliphatic carbocycles. The van der Waals surface area contributed by atoms with Crippen LogP contribution in [-0.4, -0.2) is 5.11 Å². The van der Waals surface area contributed by atoms with Crippen LogP contribution in [0.1, 0.15) is 109 Å². The van der Waals surface area contributed by atoms with E-state index in [1.54, 1.807) is 0 Å². The number of hydrogen-bond acceptors (Lipinski definition) is 1. The molecule has 0 aliphatic heterocycles. The van der Waals surface area contributed by atoms with Gasteiger partial charge >= 0.3 is 0 Å². The third-order valence-electron chi connectivity index (χ3n) is 4.98. The maximum atomic E-state index is 10.3. The van der Waals surface area contributed by atoms with E-state index in [2.05, 4.69) is 25.1 Å². The zero-order chi connectivity index (χ0) is 17.7. The summed E-state index contributed by atoms with van der Waals surface area (Å²) >= 11 is 0. The molecule has 0 unspecified atom stereocenters. The van der Waals surface area contributed by atoms with Gasteiger partial charge in [0, 0.05) is 0 Å². The van der Waals surface area contributed by atoms with E-state index in [4.69, 9.17) is 0 Å². The van der Waals surface area contributed by atoms with Crippen LogP contribution < -0.4 is 0 Å². The van der Waals surface area contributed by atoms with Gasteiger partial charge in [0.05, 0.1) is 5.60 Å². The molecule has 1 N–H and O–H groups in total. The monoisotopic (exact) mass is 332 g/mol. The van der Waals surface area contributed by atoms with Crippen molar-refractivity contribution >= 4 is 0 Å². The molecule has 0 saturated heterocycles. The summed E-state index contributed by atoms with van der Waals surface area (Å²) in [6, 6.07) is 8.35. The van der Waals surface area contributed by atoms with Gasteiger partial charge in [0.25, 0.3) is 0 Å². The highest BCUT2D eigenvalue weighted by Gasteiger charge is 2.18. The molecular formula is C23H40O. The highest BCUT2D eigenvalue weighted by Crippen LogP contribution is 2.25. The first kappa shape index (κ1) is 21.2. The fraction of sp³-hybridized carbons (Fsp3) is 0.739. The minimum Gasteiger partial charge on any atom is -0.386 e. The third kappa shape index (κ3) is 9.47. The SMILES string of the molecule is CCCCCCCCCCCCCCc1ccccc1C(C)(C)O. The molecule has 0 amide bonds. The molecular weight excluding hydrogens is 292 g/mol. The van der Waals surface area contributed by atoms with Crippen LogP contribution >= 0.6 is 0 Å². The highest BCUT2D eigenvalue weighted by atomic mass is 16.3. The molecule has 0 atom stereocenters. The molecule has 1 heteroatoms. The molecule has 0 aromatic heterocycles. The zero-order valence-electron chi connectivity index (χ0n) is 16.4. The van der Waals surface area contributed by atoms with Crippen LogP contribution in [0.25, 0.3) is 0 Å². The van der Waals surface area contributed by atoms with Gasteiger partial charge in [-0.05, 0) is 37.8 Å². The lowest BCUT2D eigenvalue weighted by molar-refractivity contribution is 0.0776. The largest absolute Gasteiger partial charge is 0.386 e. The van der Waals surface area contributed by atoms with Crippen molar-refractivity contribution in [3.05, 3.63) is 35.4 Å². The fourth-order valence-electron chi connectivity index (χ4n) is 3.49. The van der Waals surface area contributed by atoms with Crippen molar-refractivity contribution in [2.24, 2.45) is 0 Å². The van der Waals surface area contributed by atoms with E-state index in [1.165, 1.54) is 82.6 Å². The van der Waals surface area contributed by atoms with Crippen molar-refractivity contribution in [1.82, 2.24) is 0 Å². The standard InChI is InChI=1S/C23H40O/c1-4-5-6-7-8-9-10-11-12-13-14-15-18-21-19-16-17-20-22(21)23(2,3)24/h16-17,19-20,24H,4-15,18H2,1-3H3. The molecule has 0 fully saturated rings. The second kappa shape index (κ2) is 12.5. The summed E-state index contributed by atoms with van der Waals surface area (Å²) in [6.45, 7) is 6.05. The minimum absolute atomic E-state index is 0.728. The molecule has 0 bridgehead atoms. The summed E-state index contributed by atoms with van der Waals surface area (Å²) in [6.07, 6.45) is 17.7. The van der Waals surface area contributed by atoms with Gasteiger partial charge in [0.15, 0.2) is 0 Å². The lowest BCUT2D eigenvalue weighted by atomic mass is 9.90. The summed E-state index contributed by atoms with van der Waals surface area (Å²) in [4.78, 5) is 0. The van der Waals surface area contributed by atoms with E-state index in [0.29, 0.717) is 0 Å². The Kier molecular flexibility index (Phi) is 11.1. The van der Waals surface area contributed by atoms with Crippen molar-refractivity contribution in [3.8, 4) is 0 Å². The summed E-state index contributed by atoms with van der Waals surface area (Å²) < 4.78 is 0. The second-order valence-electron chi connectivity index (χ2n) is 7.86. The van der Waals surface area contributed by atoms with Crippen molar-refractivity contribution in [1.29, 1.82) is 0 Å². The van der Waals surface area contributed by atoms with E-state index in [0.717, 1.165) is 12.0 Å². The first-order chi connectivity index (χ1) is 11.6. The summed E-state index contributed by atoms with van der Waals surface area (Å²) in [7, 11) is 0. The number of benzene rings is 1. The molecule has 0 saturated carbocycles. The summed E-state index contributed by atoms with van der Waals surface area (Å²) in [5.74, 6) is 0. The molecule has 0 spiro atoms. The van der Waals surface area contributed by atoms with Gasteiger partial charge in [0.2, 0.25) is 0 Å². The number of aryl methyl sites for hydroxylation is 1. The Labute approximate surface area is 150 Å². The summed E-state index contributed by atoms with van der Waals surface area (Å²) in [5, 5.41) is 10.3. The predicted molar refractivity (Wildman–Crippen MR) is 106 cm³/mol. The average Bonchev–Trinajstić information content (AvgIpc) is 2.55. The smallest absolute Gasteiger partial charge is 0.0843 e. The van der Waals surface area contributed by atoms with Gasteiger partial charge in [0.1, 0.15) is 0 Å². The normalized spacial score (nSPS) is 11.8. The molecule has 138 valence electrons. The molecule has 1 aromatic rings. The Morgan fingerprint density at radius 3 is 1.67 bits per heavy atom. The Hall–Kier alpha value is -0.820. The number of unbranched alkanes of at least 4 members (excludes halogenated alkanes) is 11. The van der Waals surface area contributed by atoms with E-state index >= 15 is 0 Å². The van der Waals surface area contributed by atoms with E-state index in [1.807, 2.05) is 19.9 Å². The lowest BCUT2D eigenvalue weighted by Gasteiger charge is -2.21. The summed E-state index contributed by atoms with van der Waals surface area (Å²) in [5.41, 5.74) is 1.68. The van der Waals surface area contributed by atoms with Gasteiger partial charge in [-0.3, -0.25) is 0 Å². The molecule has 0 heterocycles. The van der Waals surface area contributed by atoms with Gasteiger partial charge in [-0.15, -0.1) is 0 Å². The van der Waals surface area contributed by atoms with Crippen LogP contribution in [-0.2, 0) is 12.0 Å². The minimum atomic E-state index is -0.728. The quantitative estimate of drug-likeness (QED) is 0.358. The van der Waals surface area contributed by atoms with E-state index in [-0.39, 0.29) is 0 Å². The molecule has 1 rings (SSSR count). The molecule has 24 heavy (non-hydrogen) atoms. The molecule has 1 aromatic carbocycles. The van der Waals surface area contributed by atoms with Crippen molar-refractivity contribution in [2.75, 3.05) is 0 Å². The van der Waals surface area contributed by atoms with Crippen LogP contribution in [0.15, 0.2) is 24.3 Å². The fourth-order valence-corrected chi connectivity index (χ4v) is 3.49. The van der Waals surface area contributed by atoms with Crippen molar-refractivity contribution in [2.45, 2.75) is 110 Å². The van der Waals surface area contributed by atoms with Gasteiger partial charge in [-0.25, -0.2) is 0 Å².